The van der Waals surface area contributed by atoms with Crippen LogP contribution in [-0.4, -0.2) is 23.8 Å². The standard InChI is InChI=1S/C19H28O2.CH4O/c1-18-9-7-13(20)11-12(18)3-4-14-15-5-6-17(21)19(15,2)10-8-16(14)18;1-2/h12,14-16H,3-11H2,1-2H3;2H,1H3/t12?,14?,15?,16?,18-,19-;/m0./s1. The quantitative estimate of drug-likeness (QED) is 0.739. The molecule has 0 spiro atoms. The Morgan fingerprint density at radius 3 is 2.39 bits per heavy atom. The number of carbonyl (C=O) groups excluding carboxylic acids is 2. The molecule has 130 valence electrons. The molecule has 0 aliphatic heterocycles. The van der Waals surface area contributed by atoms with Crippen molar-refractivity contribution in [3.05, 3.63) is 0 Å². The largest absolute Gasteiger partial charge is 0.400 e. The van der Waals surface area contributed by atoms with Gasteiger partial charge in [0.1, 0.15) is 11.6 Å². The van der Waals surface area contributed by atoms with Crippen molar-refractivity contribution < 1.29 is 14.7 Å². The second-order valence-electron chi connectivity index (χ2n) is 8.82. The van der Waals surface area contributed by atoms with Gasteiger partial charge < -0.3 is 5.11 Å². The molecule has 3 heteroatoms. The van der Waals surface area contributed by atoms with Crippen molar-refractivity contribution >= 4 is 11.6 Å². The van der Waals surface area contributed by atoms with Gasteiger partial charge in [0.25, 0.3) is 0 Å². The molecule has 4 saturated carbocycles. The van der Waals surface area contributed by atoms with Crippen LogP contribution in [0.25, 0.3) is 0 Å². The molecule has 4 unspecified atom stereocenters. The van der Waals surface area contributed by atoms with E-state index in [1.165, 1.54) is 19.3 Å². The summed E-state index contributed by atoms with van der Waals surface area (Å²) in [6, 6.07) is 0. The summed E-state index contributed by atoms with van der Waals surface area (Å²) in [5.41, 5.74) is 0.374. The molecule has 0 aromatic rings. The van der Waals surface area contributed by atoms with Gasteiger partial charge in [-0.1, -0.05) is 13.8 Å². The normalized spacial score (nSPS) is 48.7. The first-order chi connectivity index (χ1) is 10.9. The highest BCUT2D eigenvalue weighted by Crippen LogP contribution is 2.65. The van der Waals surface area contributed by atoms with E-state index >= 15 is 0 Å². The molecule has 6 atom stereocenters. The summed E-state index contributed by atoms with van der Waals surface area (Å²) in [4.78, 5) is 24.2. The maximum absolute atomic E-state index is 12.4. The van der Waals surface area contributed by atoms with E-state index in [9.17, 15) is 9.59 Å². The van der Waals surface area contributed by atoms with Gasteiger partial charge in [0.05, 0.1) is 0 Å². The molecule has 0 bridgehead atoms. The second kappa shape index (κ2) is 5.98. The fourth-order valence-electron chi connectivity index (χ4n) is 6.82. The van der Waals surface area contributed by atoms with Crippen molar-refractivity contribution in [1.82, 2.24) is 0 Å². The molecule has 0 heterocycles. The van der Waals surface area contributed by atoms with Crippen LogP contribution in [0.3, 0.4) is 0 Å². The number of aliphatic hydroxyl groups excluding tert-OH is 1. The SMILES string of the molecule is CO.C[C@]12CCC(=O)CC1CCC1C2CC[C@]2(C)C(=O)CCC12. The van der Waals surface area contributed by atoms with Gasteiger partial charge in [-0.2, -0.15) is 0 Å². The van der Waals surface area contributed by atoms with Crippen molar-refractivity contribution in [2.24, 2.45) is 34.5 Å². The van der Waals surface area contributed by atoms with E-state index in [0.717, 1.165) is 57.5 Å². The van der Waals surface area contributed by atoms with Crippen LogP contribution in [0.2, 0.25) is 0 Å². The highest BCUT2D eigenvalue weighted by Gasteiger charge is 2.60. The van der Waals surface area contributed by atoms with E-state index in [4.69, 9.17) is 5.11 Å². The van der Waals surface area contributed by atoms with Crippen LogP contribution in [-0.2, 0) is 9.59 Å². The van der Waals surface area contributed by atoms with Crippen LogP contribution >= 0.6 is 0 Å². The first-order valence-electron chi connectivity index (χ1n) is 9.45. The van der Waals surface area contributed by atoms with Gasteiger partial charge in [0.15, 0.2) is 0 Å². The number of ketones is 2. The average molecular weight is 320 g/mol. The number of Topliss-reactive ketones (excluding diaryl/α,β-unsaturated/α-hetero) is 2. The van der Waals surface area contributed by atoms with E-state index in [1.54, 1.807) is 0 Å². The minimum absolute atomic E-state index is 0.00511. The molecule has 0 aromatic carbocycles. The van der Waals surface area contributed by atoms with Crippen LogP contribution in [0.1, 0.15) is 71.6 Å². The Morgan fingerprint density at radius 2 is 1.65 bits per heavy atom. The van der Waals surface area contributed by atoms with Gasteiger partial charge in [-0.3, -0.25) is 9.59 Å². The predicted molar refractivity (Wildman–Crippen MR) is 89.9 cm³/mol. The van der Waals surface area contributed by atoms with Gasteiger partial charge in [-0.05, 0) is 67.6 Å². The Balaban J connectivity index is 0.000000753. The molecule has 0 aromatic heterocycles. The van der Waals surface area contributed by atoms with Crippen molar-refractivity contribution in [2.45, 2.75) is 71.6 Å². The monoisotopic (exact) mass is 320 g/mol. The maximum atomic E-state index is 12.4. The molecule has 0 saturated heterocycles. The summed E-state index contributed by atoms with van der Waals surface area (Å²) in [5.74, 6) is 3.82. The molecular formula is C20H32O3. The molecule has 3 nitrogen and oxygen atoms in total. The average Bonchev–Trinajstić information content (AvgIpc) is 2.86. The molecule has 0 radical (unpaired) electrons. The first kappa shape index (κ1) is 17.1. The van der Waals surface area contributed by atoms with Gasteiger partial charge in [0.2, 0.25) is 0 Å². The van der Waals surface area contributed by atoms with E-state index in [0.29, 0.717) is 28.8 Å². The number of hydrogen-bond acceptors (Lipinski definition) is 3. The van der Waals surface area contributed by atoms with E-state index < -0.39 is 0 Å². The summed E-state index contributed by atoms with van der Waals surface area (Å²) in [6.07, 6.45) is 9.53. The van der Waals surface area contributed by atoms with Crippen LogP contribution in [0.5, 0.6) is 0 Å². The Kier molecular flexibility index (Phi) is 4.46. The maximum Gasteiger partial charge on any atom is 0.139 e. The topological polar surface area (TPSA) is 54.4 Å². The smallest absolute Gasteiger partial charge is 0.139 e. The number of hydrogen-bond donors (Lipinski definition) is 1. The van der Waals surface area contributed by atoms with E-state index in [-0.39, 0.29) is 5.41 Å². The minimum Gasteiger partial charge on any atom is -0.400 e. The summed E-state index contributed by atoms with van der Waals surface area (Å²) >= 11 is 0. The molecule has 4 fully saturated rings. The second-order valence-corrected chi connectivity index (χ2v) is 8.82. The van der Waals surface area contributed by atoms with Crippen LogP contribution in [0, 0.1) is 34.5 Å². The van der Waals surface area contributed by atoms with Crippen molar-refractivity contribution in [3.8, 4) is 0 Å². The minimum atomic E-state index is -0.00511. The highest BCUT2D eigenvalue weighted by molar-refractivity contribution is 5.87. The zero-order valence-electron chi connectivity index (χ0n) is 14.9. The van der Waals surface area contributed by atoms with E-state index in [2.05, 4.69) is 13.8 Å². The lowest BCUT2D eigenvalue weighted by Crippen LogP contribution is -2.53. The zero-order valence-corrected chi connectivity index (χ0v) is 14.9. The fourth-order valence-corrected chi connectivity index (χ4v) is 6.82. The third-order valence-electron chi connectivity index (χ3n) is 8.19. The first-order valence-corrected chi connectivity index (χ1v) is 9.45. The van der Waals surface area contributed by atoms with Crippen molar-refractivity contribution in [1.29, 1.82) is 0 Å². The van der Waals surface area contributed by atoms with Crippen molar-refractivity contribution in [2.75, 3.05) is 7.11 Å². The number of aliphatic hydroxyl groups is 1. The van der Waals surface area contributed by atoms with E-state index in [1.807, 2.05) is 0 Å². The number of fused-ring (bicyclic) bond motifs is 5. The van der Waals surface area contributed by atoms with Crippen LogP contribution < -0.4 is 0 Å². The Bertz CT molecular complexity index is 499. The van der Waals surface area contributed by atoms with Gasteiger partial charge >= 0.3 is 0 Å². The van der Waals surface area contributed by atoms with Crippen molar-refractivity contribution in [3.63, 3.8) is 0 Å². The molecule has 0 amide bonds. The molecule has 23 heavy (non-hydrogen) atoms. The van der Waals surface area contributed by atoms with Crippen LogP contribution in [0.4, 0.5) is 0 Å². The Hall–Kier alpha value is -0.700. The molecular weight excluding hydrogens is 288 g/mol. The highest BCUT2D eigenvalue weighted by atomic mass is 16.2. The predicted octanol–water partition coefficient (Wildman–Crippen LogP) is 3.78. The zero-order chi connectivity index (χ0) is 16.8. The third kappa shape index (κ3) is 2.42. The molecule has 4 aliphatic rings. The summed E-state index contributed by atoms with van der Waals surface area (Å²) < 4.78 is 0. The fraction of sp³-hybridized carbons (Fsp3) is 0.900. The molecule has 4 aliphatic carbocycles. The molecule has 4 rings (SSSR count). The number of rotatable bonds is 0. The summed E-state index contributed by atoms with van der Waals surface area (Å²) in [5, 5.41) is 7.00. The molecule has 1 N–H and O–H groups in total. The lowest BCUT2D eigenvalue weighted by molar-refractivity contribution is -0.144. The van der Waals surface area contributed by atoms with Gasteiger partial charge in [0, 0.05) is 31.8 Å². The van der Waals surface area contributed by atoms with Gasteiger partial charge in [-0.15, -0.1) is 0 Å². The lowest BCUT2D eigenvalue weighted by Gasteiger charge is -2.59. The Labute approximate surface area is 140 Å². The third-order valence-corrected chi connectivity index (χ3v) is 8.19. The summed E-state index contributed by atoms with van der Waals surface area (Å²) in [6.45, 7) is 4.72. The van der Waals surface area contributed by atoms with Gasteiger partial charge in [-0.25, -0.2) is 0 Å². The van der Waals surface area contributed by atoms with Crippen LogP contribution in [0.15, 0.2) is 0 Å². The Morgan fingerprint density at radius 1 is 0.913 bits per heavy atom. The lowest BCUT2D eigenvalue weighted by atomic mass is 9.45. The summed E-state index contributed by atoms with van der Waals surface area (Å²) in [7, 11) is 1.00. The number of carbonyl (C=O) groups is 2.